The monoisotopic (exact) mass is 327 g/mol. The number of thiophene rings is 1. The highest BCUT2D eigenvalue weighted by molar-refractivity contribution is 7.20. The van der Waals surface area contributed by atoms with Gasteiger partial charge in [-0.15, -0.1) is 11.3 Å². The van der Waals surface area contributed by atoms with Crippen molar-refractivity contribution < 1.29 is 4.79 Å². The third-order valence-corrected chi connectivity index (χ3v) is 5.06. The Labute approximate surface area is 137 Å². The Morgan fingerprint density at radius 2 is 2.09 bits per heavy atom. The number of anilines is 1. The number of nitrogens with zero attached hydrogens (tertiary/aromatic N) is 2. The van der Waals surface area contributed by atoms with E-state index in [0.717, 1.165) is 17.7 Å². The lowest BCUT2D eigenvalue weighted by Crippen LogP contribution is -2.17. The van der Waals surface area contributed by atoms with E-state index in [2.05, 4.69) is 10.3 Å². The van der Waals surface area contributed by atoms with Crippen molar-refractivity contribution in [1.29, 1.82) is 0 Å². The zero-order valence-electron chi connectivity index (χ0n) is 13.2. The van der Waals surface area contributed by atoms with Gasteiger partial charge in [0.25, 0.3) is 11.5 Å². The molecule has 1 amide bonds. The van der Waals surface area contributed by atoms with Crippen LogP contribution in [0.5, 0.6) is 0 Å². The molecule has 0 unspecified atom stereocenters. The molecule has 5 nitrogen and oxygen atoms in total. The van der Waals surface area contributed by atoms with Crippen molar-refractivity contribution in [1.82, 2.24) is 9.55 Å². The molecule has 0 aliphatic carbocycles. The highest BCUT2D eigenvalue weighted by atomic mass is 32.1. The van der Waals surface area contributed by atoms with Crippen LogP contribution in [0.4, 0.5) is 5.69 Å². The van der Waals surface area contributed by atoms with E-state index in [0.29, 0.717) is 20.7 Å². The second kappa shape index (κ2) is 5.96. The quantitative estimate of drug-likeness (QED) is 0.804. The Bertz CT molecular complexity index is 956. The van der Waals surface area contributed by atoms with Crippen LogP contribution < -0.4 is 10.9 Å². The zero-order chi connectivity index (χ0) is 16.6. The van der Waals surface area contributed by atoms with E-state index in [1.807, 2.05) is 31.2 Å². The summed E-state index contributed by atoms with van der Waals surface area (Å²) in [4.78, 5) is 30.2. The van der Waals surface area contributed by atoms with Crippen LogP contribution in [0.2, 0.25) is 0 Å². The van der Waals surface area contributed by atoms with Gasteiger partial charge in [-0.05, 0) is 30.5 Å². The molecule has 0 aliphatic heterocycles. The van der Waals surface area contributed by atoms with Crippen LogP contribution in [-0.4, -0.2) is 15.5 Å². The molecule has 1 aromatic carbocycles. The van der Waals surface area contributed by atoms with Crippen molar-refractivity contribution in [2.24, 2.45) is 7.05 Å². The van der Waals surface area contributed by atoms with Crippen molar-refractivity contribution in [3.05, 3.63) is 57.0 Å². The topological polar surface area (TPSA) is 64.0 Å². The molecule has 0 saturated carbocycles. The average Bonchev–Trinajstić information content (AvgIpc) is 2.89. The summed E-state index contributed by atoms with van der Waals surface area (Å²) in [6.07, 6.45) is 2.32. The highest BCUT2D eigenvalue weighted by Crippen LogP contribution is 2.28. The number of fused-ring (bicyclic) bond motifs is 1. The van der Waals surface area contributed by atoms with Crippen LogP contribution in [0.25, 0.3) is 10.2 Å². The van der Waals surface area contributed by atoms with Crippen LogP contribution in [0.15, 0.2) is 35.4 Å². The molecule has 3 aromatic rings. The summed E-state index contributed by atoms with van der Waals surface area (Å²) in [5.41, 5.74) is 2.44. The number of benzene rings is 1. The van der Waals surface area contributed by atoms with Gasteiger partial charge in [-0.25, -0.2) is 4.98 Å². The molecule has 0 atom stereocenters. The van der Waals surface area contributed by atoms with Gasteiger partial charge >= 0.3 is 0 Å². The maximum Gasteiger partial charge on any atom is 0.266 e. The second-order valence-corrected chi connectivity index (χ2v) is 6.36. The Kier molecular flexibility index (Phi) is 4.00. The molecule has 0 bridgehead atoms. The molecule has 2 aromatic heterocycles. The first-order valence-corrected chi connectivity index (χ1v) is 8.18. The highest BCUT2D eigenvalue weighted by Gasteiger charge is 2.19. The summed E-state index contributed by atoms with van der Waals surface area (Å²) in [7, 11) is 1.66. The first-order valence-electron chi connectivity index (χ1n) is 7.37. The number of carbonyl (C=O) groups excluding carboxylic acids is 1. The van der Waals surface area contributed by atoms with Gasteiger partial charge in [-0.3, -0.25) is 9.59 Å². The van der Waals surface area contributed by atoms with Crippen LogP contribution in [-0.2, 0) is 13.5 Å². The maximum atomic E-state index is 12.6. The smallest absolute Gasteiger partial charge is 0.266 e. The molecule has 6 heteroatoms. The molecule has 118 valence electrons. The summed E-state index contributed by atoms with van der Waals surface area (Å²) >= 11 is 1.25. The largest absolute Gasteiger partial charge is 0.321 e. The molecule has 0 aliphatic rings. The minimum absolute atomic E-state index is 0.128. The standard InChI is InChI=1S/C17H17N3O2S/c1-4-11-7-5-6-8-12(11)19-15(21)14-10(2)13-16(23-14)18-9-20(3)17(13)22/h5-9H,4H2,1-3H3,(H,19,21). The summed E-state index contributed by atoms with van der Waals surface area (Å²) in [5.74, 6) is -0.201. The van der Waals surface area contributed by atoms with E-state index in [1.165, 1.54) is 22.2 Å². The minimum atomic E-state index is -0.201. The van der Waals surface area contributed by atoms with Gasteiger partial charge in [-0.2, -0.15) is 0 Å². The van der Waals surface area contributed by atoms with Gasteiger partial charge < -0.3 is 9.88 Å². The normalized spacial score (nSPS) is 10.9. The van der Waals surface area contributed by atoms with E-state index < -0.39 is 0 Å². The van der Waals surface area contributed by atoms with E-state index >= 15 is 0 Å². The molecule has 23 heavy (non-hydrogen) atoms. The molecular formula is C17H17N3O2S. The predicted molar refractivity (Wildman–Crippen MR) is 93.4 cm³/mol. The van der Waals surface area contributed by atoms with E-state index in [9.17, 15) is 9.59 Å². The molecular weight excluding hydrogens is 310 g/mol. The van der Waals surface area contributed by atoms with Gasteiger partial charge in [-0.1, -0.05) is 25.1 Å². The fourth-order valence-corrected chi connectivity index (χ4v) is 3.59. The second-order valence-electron chi connectivity index (χ2n) is 5.36. The molecule has 0 radical (unpaired) electrons. The van der Waals surface area contributed by atoms with Crippen molar-refractivity contribution in [3.63, 3.8) is 0 Å². The van der Waals surface area contributed by atoms with Crippen LogP contribution in [0.3, 0.4) is 0 Å². The lowest BCUT2D eigenvalue weighted by Gasteiger charge is -2.09. The average molecular weight is 327 g/mol. The van der Waals surface area contributed by atoms with Crippen LogP contribution in [0, 0.1) is 6.92 Å². The third kappa shape index (κ3) is 2.66. The van der Waals surface area contributed by atoms with Crippen LogP contribution >= 0.6 is 11.3 Å². The number of hydrogen-bond acceptors (Lipinski definition) is 4. The van der Waals surface area contributed by atoms with Crippen molar-refractivity contribution in [3.8, 4) is 0 Å². The lowest BCUT2D eigenvalue weighted by molar-refractivity contribution is 0.103. The maximum absolute atomic E-state index is 12.6. The minimum Gasteiger partial charge on any atom is -0.321 e. The number of hydrogen-bond donors (Lipinski definition) is 1. The van der Waals surface area contributed by atoms with Crippen molar-refractivity contribution in [2.45, 2.75) is 20.3 Å². The fraction of sp³-hybridized carbons (Fsp3) is 0.235. The van der Waals surface area contributed by atoms with Crippen molar-refractivity contribution >= 4 is 33.1 Å². The summed E-state index contributed by atoms with van der Waals surface area (Å²) < 4.78 is 1.43. The number of aryl methyl sites for hydroxylation is 3. The number of rotatable bonds is 3. The fourth-order valence-electron chi connectivity index (χ4n) is 2.56. The van der Waals surface area contributed by atoms with Gasteiger partial charge in [0.1, 0.15) is 4.83 Å². The predicted octanol–water partition coefficient (Wildman–Crippen LogP) is 3.12. The Morgan fingerprint density at radius 1 is 1.35 bits per heavy atom. The number of amides is 1. The Morgan fingerprint density at radius 3 is 2.83 bits per heavy atom. The van der Waals surface area contributed by atoms with Gasteiger partial charge in [0, 0.05) is 12.7 Å². The summed E-state index contributed by atoms with van der Waals surface area (Å²) in [5, 5.41) is 3.47. The van der Waals surface area contributed by atoms with E-state index in [-0.39, 0.29) is 11.5 Å². The van der Waals surface area contributed by atoms with Crippen LogP contribution in [0.1, 0.15) is 27.7 Å². The third-order valence-electron chi connectivity index (χ3n) is 3.86. The molecule has 0 spiro atoms. The van der Waals surface area contributed by atoms with E-state index in [1.54, 1.807) is 14.0 Å². The van der Waals surface area contributed by atoms with Gasteiger partial charge in [0.05, 0.1) is 16.6 Å². The zero-order valence-corrected chi connectivity index (χ0v) is 14.0. The number of aromatic nitrogens is 2. The number of carbonyl (C=O) groups is 1. The molecule has 0 fully saturated rings. The summed E-state index contributed by atoms with van der Waals surface area (Å²) in [6, 6.07) is 7.72. The Hall–Kier alpha value is -2.47. The van der Waals surface area contributed by atoms with E-state index in [4.69, 9.17) is 0 Å². The number of nitrogens with one attached hydrogen (secondary N) is 1. The molecule has 3 rings (SSSR count). The Balaban J connectivity index is 2.03. The lowest BCUT2D eigenvalue weighted by atomic mass is 10.1. The molecule has 0 saturated heterocycles. The number of para-hydroxylation sites is 1. The first-order chi connectivity index (χ1) is 11.0. The first kappa shape index (κ1) is 15.4. The van der Waals surface area contributed by atoms with Gasteiger partial charge in [0.2, 0.25) is 0 Å². The summed E-state index contributed by atoms with van der Waals surface area (Å²) in [6.45, 7) is 3.84. The SMILES string of the molecule is CCc1ccccc1NC(=O)c1sc2ncn(C)c(=O)c2c1C. The van der Waals surface area contributed by atoms with Gasteiger partial charge in [0.15, 0.2) is 0 Å². The molecule has 1 N–H and O–H groups in total. The van der Waals surface area contributed by atoms with Crippen molar-refractivity contribution in [2.75, 3.05) is 5.32 Å². The molecule has 2 heterocycles.